The molecule has 2 unspecified atom stereocenters. The zero-order chi connectivity index (χ0) is 17.4. The molecular formula is C18H19N5O2. The first-order valence-electron chi connectivity index (χ1n) is 8.27. The summed E-state index contributed by atoms with van der Waals surface area (Å²) < 4.78 is 4.94. The summed E-state index contributed by atoms with van der Waals surface area (Å²) in [5, 5.41) is 11.1. The normalized spacial score (nSPS) is 20.2. The van der Waals surface area contributed by atoms with Crippen molar-refractivity contribution < 1.29 is 9.32 Å². The van der Waals surface area contributed by atoms with Gasteiger partial charge in [0, 0.05) is 30.6 Å². The Hall–Kier alpha value is -2.96. The van der Waals surface area contributed by atoms with Gasteiger partial charge in [0.25, 0.3) is 5.91 Å². The molecular weight excluding hydrogens is 318 g/mol. The summed E-state index contributed by atoms with van der Waals surface area (Å²) in [5.74, 6) is 0.786. The van der Waals surface area contributed by atoms with Crippen LogP contribution in [0.5, 0.6) is 0 Å². The monoisotopic (exact) mass is 337 g/mol. The molecule has 7 nitrogen and oxygen atoms in total. The molecule has 4 rings (SSSR count). The quantitative estimate of drug-likeness (QED) is 0.793. The van der Waals surface area contributed by atoms with Gasteiger partial charge in [0.1, 0.15) is 0 Å². The lowest BCUT2D eigenvalue weighted by molar-refractivity contribution is 0.0787. The number of rotatable bonds is 3. The maximum atomic E-state index is 13.0. The summed E-state index contributed by atoms with van der Waals surface area (Å²) >= 11 is 0. The van der Waals surface area contributed by atoms with E-state index in [9.17, 15) is 4.79 Å². The van der Waals surface area contributed by atoms with Crippen LogP contribution in [0.15, 0.2) is 41.2 Å². The van der Waals surface area contributed by atoms with E-state index < -0.39 is 0 Å². The van der Waals surface area contributed by atoms with Crippen LogP contribution < -0.4 is 0 Å². The zero-order valence-electron chi connectivity index (χ0n) is 14.1. The Morgan fingerprint density at radius 1 is 1.20 bits per heavy atom. The molecule has 1 fully saturated rings. The molecule has 1 N–H and O–H groups in total. The lowest BCUT2D eigenvalue weighted by Crippen LogP contribution is -2.29. The lowest BCUT2D eigenvalue weighted by Gasteiger charge is -2.16. The fourth-order valence-electron chi connectivity index (χ4n) is 3.64. The highest BCUT2D eigenvalue weighted by molar-refractivity contribution is 5.96. The van der Waals surface area contributed by atoms with Crippen molar-refractivity contribution in [2.24, 2.45) is 0 Å². The van der Waals surface area contributed by atoms with Crippen molar-refractivity contribution >= 4 is 5.91 Å². The molecule has 1 aliphatic rings. The van der Waals surface area contributed by atoms with Gasteiger partial charge in [0.05, 0.1) is 11.3 Å². The van der Waals surface area contributed by atoms with E-state index in [1.165, 1.54) is 12.0 Å². The Morgan fingerprint density at radius 2 is 1.96 bits per heavy atom. The first-order chi connectivity index (χ1) is 12.1. The van der Waals surface area contributed by atoms with Crippen molar-refractivity contribution in [3.63, 3.8) is 0 Å². The minimum Gasteiger partial charge on any atom is -0.343 e. The van der Waals surface area contributed by atoms with Crippen LogP contribution in [0.4, 0.5) is 0 Å². The molecule has 1 saturated heterocycles. The molecule has 0 bridgehead atoms. The number of aromatic amines is 1. The summed E-state index contributed by atoms with van der Waals surface area (Å²) in [4.78, 5) is 19.1. The molecule has 128 valence electrons. The number of hydrogen-bond donors (Lipinski definition) is 1. The van der Waals surface area contributed by atoms with Crippen LogP contribution >= 0.6 is 0 Å². The number of benzene rings is 1. The van der Waals surface area contributed by atoms with Crippen molar-refractivity contribution in [2.75, 3.05) is 13.1 Å². The Morgan fingerprint density at radius 3 is 2.60 bits per heavy atom. The number of amides is 1. The number of hydrogen-bond acceptors (Lipinski definition) is 5. The van der Waals surface area contributed by atoms with E-state index in [0.717, 1.165) is 11.4 Å². The molecule has 7 heteroatoms. The van der Waals surface area contributed by atoms with Crippen LogP contribution in [0.25, 0.3) is 0 Å². The smallest absolute Gasteiger partial charge is 0.257 e. The van der Waals surface area contributed by atoms with E-state index in [1.54, 1.807) is 0 Å². The van der Waals surface area contributed by atoms with Crippen LogP contribution in [-0.2, 0) is 0 Å². The number of carbonyl (C=O) groups excluding carboxylic acids is 1. The number of likely N-dealkylation sites (tertiary alicyclic amines) is 1. The molecule has 1 amide bonds. The molecule has 0 saturated carbocycles. The highest BCUT2D eigenvalue weighted by atomic mass is 16.5. The van der Waals surface area contributed by atoms with Crippen LogP contribution in [-0.4, -0.2) is 44.2 Å². The third-order valence-corrected chi connectivity index (χ3v) is 4.89. The maximum absolute atomic E-state index is 13.0. The maximum Gasteiger partial charge on any atom is 0.257 e. The second-order valence-corrected chi connectivity index (χ2v) is 6.43. The molecule has 0 aliphatic carbocycles. The van der Waals surface area contributed by atoms with Gasteiger partial charge in [-0.25, -0.2) is 0 Å². The zero-order valence-corrected chi connectivity index (χ0v) is 14.1. The molecule has 3 heterocycles. The number of nitrogens with zero attached hydrogens (tertiary/aromatic N) is 4. The van der Waals surface area contributed by atoms with E-state index >= 15 is 0 Å². The van der Waals surface area contributed by atoms with E-state index in [1.807, 2.05) is 36.9 Å². The van der Waals surface area contributed by atoms with Gasteiger partial charge >= 0.3 is 0 Å². The van der Waals surface area contributed by atoms with Crippen molar-refractivity contribution in [3.8, 4) is 0 Å². The van der Waals surface area contributed by atoms with Gasteiger partial charge < -0.3 is 9.42 Å². The molecule has 0 spiro atoms. The number of aryl methyl sites for hydroxylation is 2. The Balaban J connectivity index is 1.67. The number of aromatic nitrogens is 4. The Kier molecular flexibility index (Phi) is 3.83. The van der Waals surface area contributed by atoms with Gasteiger partial charge in [-0.05, 0) is 19.4 Å². The van der Waals surface area contributed by atoms with Gasteiger partial charge in [0.2, 0.25) is 6.39 Å². The number of nitrogens with one attached hydrogen (secondary N) is 1. The van der Waals surface area contributed by atoms with Crippen molar-refractivity contribution in [1.29, 1.82) is 0 Å². The largest absolute Gasteiger partial charge is 0.343 e. The molecule has 3 aromatic rings. The Labute approximate surface area is 145 Å². The summed E-state index contributed by atoms with van der Waals surface area (Å²) in [5.41, 5.74) is 3.34. The van der Waals surface area contributed by atoms with Gasteiger partial charge in [-0.1, -0.05) is 35.5 Å². The van der Waals surface area contributed by atoms with Crippen molar-refractivity contribution in [3.05, 3.63) is 65.1 Å². The molecule has 25 heavy (non-hydrogen) atoms. The Bertz CT molecular complexity index is 853. The average Bonchev–Trinajstić information content (AvgIpc) is 3.35. The topological polar surface area (TPSA) is 87.9 Å². The molecule has 0 radical (unpaired) electrons. The first-order valence-corrected chi connectivity index (χ1v) is 8.27. The lowest BCUT2D eigenvalue weighted by atomic mass is 9.88. The van der Waals surface area contributed by atoms with Crippen molar-refractivity contribution in [1.82, 2.24) is 25.2 Å². The van der Waals surface area contributed by atoms with Crippen LogP contribution in [0.2, 0.25) is 0 Å². The highest BCUT2D eigenvalue weighted by Crippen LogP contribution is 2.39. The molecule has 1 aromatic carbocycles. The third kappa shape index (κ3) is 2.71. The second kappa shape index (κ2) is 6.16. The van der Waals surface area contributed by atoms with Crippen LogP contribution in [0.3, 0.4) is 0 Å². The predicted molar refractivity (Wildman–Crippen MR) is 90.2 cm³/mol. The first kappa shape index (κ1) is 15.6. The minimum atomic E-state index is -0.00400. The highest BCUT2D eigenvalue weighted by Gasteiger charge is 2.40. The van der Waals surface area contributed by atoms with E-state index in [0.29, 0.717) is 24.5 Å². The van der Waals surface area contributed by atoms with Gasteiger partial charge in [-0.2, -0.15) is 10.1 Å². The second-order valence-electron chi connectivity index (χ2n) is 6.43. The van der Waals surface area contributed by atoms with E-state index in [2.05, 4.69) is 32.5 Å². The van der Waals surface area contributed by atoms with Gasteiger partial charge in [-0.15, -0.1) is 0 Å². The minimum absolute atomic E-state index is 0.00400. The predicted octanol–water partition coefficient (Wildman–Crippen LogP) is 2.43. The fourth-order valence-corrected chi connectivity index (χ4v) is 3.64. The summed E-state index contributed by atoms with van der Waals surface area (Å²) in [6.45, 7) is 4.89. The van der Waals surface area contributed by atoms with E-state index in [-0.39, 0.29) is 17.7 Å². The third-order valence-electron chi connectivity index (χ3n) is 4.89. The number of H-pyrrole nitrogens is 1. The SMILES string of the molecule is Cc1n[nH]c(C)c1C(=O)N1CC(c2ccccc2)C(c2ncon2)C1. The summed E-state index contributed by atoms with van der Waals surface area (Å²) in [6, 6.07) is 10.2. The van der Waals surface area contributed by atoms with Gasteiger partial charge in [0.15, 0.2) is 5.82 Å². The average molecular weight is 337 g/mol. The summed E-state index contributed by atoms with van der Waals surface area (Å²) in [6.07, 6.45) is 1.34. The van der Waals surface area contributed by atoms with Gasteiger partial charge in [-0.3, -0.25) is 9.89 Å². The fraction of sp³-hybridized carbons (Fsp3) is 0.333. The molecule has 2 aromatic heterocycles. The van der Waals surface area contributed by atoms with E-state index in [4.69, 9.17) is 4.52 Å². The standard InChI is InChI=1S/C18H19N5O2/c1-11-16(12(2)21-20-11)18(24)23-8-14(13-6-4-3-5-7-13)15(9-23)17-19-10-25-22-17/h3-7,10,14-15H,8-9H2,1-2H3,(H,20,21). The van der Waals surface area contributed by atoms with Crippen LogP contribution in [0.1, 0.15) is 45.0 Å². The molecule has 2 atom stereocenters. The summed E-state index contributed by atoms with van der Waals surface area (Å²) in [7, 11) is 0. The van der Waals surface area contributed by atoms with Crippen molar-refractivity contribution in [2.45, 2.75) is 25.7 Å². The number of carbonyl (C=O) groups is 1. The van der Waals surface area contributed by atoms with Crippen LogP contribution in [0, 0.1) is 13.8 Å². The molecule has 1 aliphatic heterocycles.